The molecule has 3 rings (SSSR count). The lowest BCUT2D eigenvalue weighted by atomic mass is 10.4. The average molecular weight is 369 g/mol. The van der Waals surface area contributed by atoms with Crippen LogP contribution in [0.2, 0.25) is 0 Å². The average Bonchev–Trinajstić information content (AvgIpc) is 2.99. The molecule has 0 aliphatic heterocycles. The van der Waals surface area contributed by atoms with Gasteiger partial charge < -0.3 is 4.57 Å². The standard InChI is InChI=1S/C14H15BrClN5/c1-9-6-18-20(8-9)3-4-21-13(10(2)16)19-12-5-11(15)7-17-14(12)21/h5-8,10H,3-4H2,1-2H3. The fourth-order valence-corrected chi connectivity index (χ4v) is 2.81. The summed E-state index contributed by atoms with van der Waals surface area (Å²) in [4.78, 5) is 9.07. The van der Waals surface area contributed by atoms with E-state index in [-0.39, 0.29) is 5.38 Å². The molecule has 0 aliphatic carbocycles. The van der Waals surface area contributed by atoms with Crippen molar-refractivity contribution in [1.82, 2.24) is 24.3 Å². The molecule has 0 radical (unpaired) electrons. The number of aryl methyl sites for hydroxylation is 3. The minimum absolute atomic E-state index is 0.169. The first-order valence-corrected chi connectivity index (χ1v) is 7.92. The van der Waals surface area contributed by atoms with Crippen molar-refractivity contribution in [3.8, 4) is 0 Å². The molecular formula is C14H15BrClN5. The Morgan fingerprint density at radius 2 is 2.14 bits per heavy atom. The summed E-state index contributed by atoms with van der Waals surface area (Å²) in [6.07, 6.45) is 5.65. The van der Waals surface area contributed by atoms with Gasteiger partial charge in [0.2, 0.25) is 0 Å². The lowest BCUT2D eigenvalue weighted by molar-refractivity contribution is 0.526. The van der Waals surface area contributed by atoms with Crippen LogP contribution in [0, 0.1) is 6.92 Å². The van der Waals surface area contributed by atoms with E-state index in [1.165, 1.54) is 0 Å². The zero-order valence-corrected chi connectivity index (χ0v) is 14.1. The molecule has 7 heteroatoms. The van der Waals surface area contributed by atoms with Gasteiger partial charge in [-0.1, -0.05) is 0 Å². The Kier molecular flexibility index (Phi) is 3.99. The van der Waals surface area contributed by atoms with Crippen LogP contribution < -0.4 is 0 Å². The molecule has 0 fully saturated rings. The van der Waals surface area contributed by atoms with E-state index in [9.17, 15) is 0 Å². The van der Waals surface area contributed by atoms with Crippen molar-refractivity contribution in [2.45, 2.75) is 32.3 Å². The molecule has 0 bridgehead atoms. The highest BCUT2D eigenvalue weighted by molar-refractivity contribution is 9.10. The summed E-state index contributed by atoms with van der Waals surface area (Å²) < 4.78 is 4.90. The monoisotopic (exact) mass is 367 g/mol. The van der Waals surface area contributed by atoms with Crippen LogP contribution >= 0.6 is 27.5 Å². The van der Waals surface area contributed by atoms with E-state index in [4.69, 9.17) is 11.6 Å². The van der Waals surface area contributed by atoms with Gasteiger partial charge in [0.05, 0.1) is 18.1 Å². The van der Waals surface area contributed by atoms with Crippen LogP contribution in [0.4, 0.5) is 0 Å². The maximum absolute atomic E-state index is 6.26. The quantitative estimate of drug-likeness (QED) is 0.660. The van der Waals surface area contributed by atoms with Gasteiger partial charge in [-0.3, -0.25) is 4.68 Å². The Labute approximate surface area is 136 Å². The number of nitrogens with zero attached hydrogens (tertiary/aromatic N) is 5. The number of aromatic nitrogens is 5. The number of pyridine rings is 1. The van der Waals surface area contributed by atoms with Crippen molar-refractivity contribution < 1.29 is 0 Å². The molecule has 3 aromatic heterocycles. The Hall–Kier alpha value is -1.40. The van der Waals surface area contributed by atoms with Crippen LogP contribution in [0.3, 0.4) is 0 Å². The highest BCUT2D eigenvalue weighted by Gasteiger charge is 2.16. The van der Waals surface area contributed by atoms with E-state index >= 15 is 0 Å². The molecule has 1 atom stereocenters. The van der Waals surface area contributed by atoms with Gasteiger partial charge in [-0.15, -0.1) is 11.6 Å². The third kappa shape index (κ3) is 2.96. The Balaban J connectivity index is 1.97. The summed E-state index contributed by atoms with van der Waals surface area (Å²) >= 11 is 9.68. The molecule has 0 spiro atoms. The van der Waals surface area contributed by atoms with Crippen molar-refractivity contribution >= 4 is 38.7 Å². The maximum Gasteiger partial charge on any atom is 0.160 e. The largest absolute Gasteiger partial charge is 0.310 e. The van der Waals surface area contributed by atoms with E-state index in [0.717, 1.165) is 40.1 Å². The number of imidazole rings is 1. The van der Waals surface area contributed by atoms with E-state index in [2.05, 4.69) is 35.6 Å². The zero-order chi connectivity index (χ0) is 15.0. The van der Waals surface area contributed by atoms with Gasteiger partial charge in [-0.25, -0.2) is 9.97 Å². The van der Waals surface area contributed by atoms with E-state index in [1.54, 1.807) is 6.20 Å². The highest BCUT2D eigenvalue weighted by Crippen LogP contribution is 2.25. The van der Waals surface area contributed by atoms with Crippen LogP contribution in [-0.4, -0.2) is 24.3 Å². The molecular weight excluding hydrogens is 354 g/mol. The summed E-state index contributed by atoms with van der Waals surface area (Å²) in [6, 6.07) is 1.96. The molecule has 21 heavy (non-hydrogen) atoms. The van der Waals surface area contributed by atoms with Crippen LogP contribution in [0.25, 0.3) is 11.2 Å². The third-order valence-electron chi connectivity index (χ3n) is 3.25. The number of alkyl halides is 1. The molecule has 0 aromatic carbocycles. The number of halogens is 2. The second-order valence-corrected chi connectivity index (χ2v) is 6.58. The molecule has 3 heterocycles. The van der Waals surface area contributed by atoms with Crippen molar-refractivity contribution in [2.75, 3.05) is 0 Å². The predicted molar refractivity (Wildman–Crippen MR) is 86.5 cm³/mol. The van der Waals surface area contributed by atoms with Crippen molar-refractivity contribution in [1.29, 1.82) is 0 Å². The normalized spacial score (nSPS) is 13.0. The van der Waals surface area contributed by atoms with Crippen molar-refractivity contribution in [3.63, 3.8) is 0 Å². The van der Waals surface area contributed by atoms with Gasteiger partial charge in [0, 0.05) is 23.4 Å². The number of hydrogen-bond donors (Lipinski definition) is 0. The molecule has 0 N–H and O–H groups in total. The number of hydrogen-bond acceptors (Lipinski definition) is 3. The lowest BCUT2D eigenvalue weighted by Gasteiger charge is -2.10. The molecule has 0 aliphatic rings. The topological polar surface area (TPSA) is 48.5 Å². The minimum Gasteiger partial charge on any atom is -0.310 e. The first-order valence-electron chi connectivity index (χ1n) is 6.69. The van der Waals surface area contributed by atoms with Crippen molar-refractivity contribution in [2.24, 2.45) is 0 Å². The fraction of sp³-hybridized carbons (Fsp3) is 0.357. The zero-order valence-electron chi connectivity index (χ0n) is 11.8. The molecule has 0 amide bonds. The molecule has 1 unspecified atom stereocenters. The second-order valence-electron chi connectivity index (χ2n) is 5.01. The third-order valence-corrected chi connectivity index (χ3v) is 3.88. The molecule has 0 saturated heterocycles. The van der Waals surface area contributed by atoms with Gasteiger partial charge in [0.1, 0.15) is 11.3 Å². The summed E-state index contributed by atoms with van der Waals surface area (Å²) in [5.41, 5.74) is 2.85. The molecule has 5 nitrogen and oxygen atoms in total. The highest BCUT2D eigenvalue weighted by atomic mass is 79.9. The summed E-state index contributed by atoms with van der Waals surface area (Å²) in [6.45, 7) is 5.44. The maximum atomic E-state index is 6.26. The van der Waals surface area contributed by atoms with Gasteiger partial charge in [-0.05, 0) is 41.4 Å². The van der Waals surface area contributed by atoms with Crippen LogP contribution in [-0.2, 0) is 13.1 Å². The van der Waals surface area contributed by atoms with Gasteiger partial charge >= 0.3 is 0 Å². The summed E-state index contributed by atoms with van der Waals surface area (Å²) in [7, 11) is 0. The first kappa shape index (κ1) is 14.5. The van der Waals surface area contributed by atoms with Crippen molar-refractivity contribution in [3.05, 3.63) is 40.5 Å². The van der Waals surface area contributed by atoms with Gasteiger partial charge in [0.25, 0.3) is 0 Å². The second kappa shape index (κ2) is 5.77. The first-order chi connectivity index (χ1) is 10.0. The van der Waals surface area contributed by atoms with E-state index in [0.29, 0.717) is 0 Å². The smallest absolute Gasteiger partial charge is 0.160 e. The predicted octanol–water partition coefficient (Wildman–Crippen LogP) is 3.70. The van der Waals surface area contributed by atoms with Crippen LogP contribution in [0.1, 0.15) is 23.7 Å². The molecule has 110 valence electrons. The Morgan fingerprint density at radius 1 is 1.33 bits per heavy atom. The lowest BCUT2D eigenvalue weighted by Crippen LogP contribution is -2.11. The van der Waals surface area contributed by atoms with E-state index < -0.39 is 0 Å². The van der Waals surface area contributed by atoms with Crippen LogP contribution in [0.15, 0.2) is 29.1 Å². The number of rotatable bonds is 4. The van der Waals surface area contributed by atoms with E-state index in [1.807, 2.05) is 37.0 Å². The summed E-state index contributed by atoms with van der Waals surface area (Å²) in [5, 5.41) is 4.14. The fourth-order valence-electron chi connectivity index (χ4n) is 2.32. The molecule has 3 aromatic rings. The Bertz CT molecular complexity index is 777. The minimum atomic E-state index is -0.169. The SMILES string of the molecule is Cc1cnn(CCn2c(C(C)Cl)nc3cc(Br)cnc32)c1. The van der Waals surface area contributed by atoms with Gasteiger partial charge in [-0.2, -0.15) is 5.10 Å². The van der Waals surface area contributed by atoms with Crippen LogP contribution in [0.5, 0.6) is 0 Å². The molecule has 0 saturated carbocycles. The summed E-state index contributed by atoms with van der Waals surface area (Å²) in [5.74, 6) is 0.834. The Morgan fingerprint density at radius 3 is 2.81 bits per heavy atom. The number of fused-ring (bicyclic) bond motifs is 1. The van der Waals surface area contributed by atoms with Gasteiger partial charge in [0.15, 0.2) is 5.65 Å².